The number of thioether (sulfide) groups is 1. The van der Waals surface area contributed by atoms with Crippen molar-refractivity contribution in [1.29, 1.82) is 5.26 Å². The monoisotopic (exact) mass is 365 g/mol. The van der Waals surface area contributed by atoms with Gasteiger partial charge in [0.05, 0.1) is 17.2 Å². The van der Waals surface area contributed by atoms with Crippen molar-refractivity contribution in [2.45, 2.75) is 10.6 Å². The van der Waals surface area contributed by atoms with Crippen molar-refractivity contribution >= 4 is 33.7 Å². The standard InChI is InChI=1S/C15H9BrFNO2S/c16-11-3-4-12(15(19)20)14(6-11)21-8-10-2-1-9(7-18)5-13(10)17/h1-6H,8H2,(H,19,20). The molecule has 0 spiro atoms. The summed E-state index contributed by atoms with van der Waals surface area (Å²) >= 11 is 4.53. The molecule has 0 saturated heterocycles. The molecule has 106 valence electrons. The molecule has 0 aliphatic heterocycles. The highest BCUT2D eigenvalue weighted by atomic mass is 79.9. The highest BCUT2D eigenvalue weighted by Crippen LogP contribution is 2.30. The lowest BCUT2D eigenvalue weighted by atomic mass is 10.1. The second-order valence-corrected chi connectivity index (χ2v) is 6.09. The van der Waals surface area contributed by atoms with E-state index >= 15 is 0 Å². The van der Waals surface area contributed by atoms with Crippen LogP contribution in [0.15, 0.2) is 45.8 Å². The van der Waals surface area contributed by atoms with Gasteiger partial charge in [-0.3, -0.25) is 0 Å². The topological polar surface area (TPSA) is 61.1 Å². The van der Waals surface area contributed by atoms with Gasteiger partial charge in [0.1, 0.15) is 5.82 Å². The van der Waals surface area contributed by atoms with Crippen molar-refractivity contribution in [3.63, 3.8) is 0 Å². The number of nitrogens with zero attached hydrogens (tertiary/aromatic N) is 1. The lowest BCUT2D eigenvalue weighted by molar-refractivity contribution is 0.0693. The maximum Gasteiger partial charge on any atom is 0.336 e. The minimum atomic E-state index is -1.02. The lowest BCUT2D eigenvalue weighted by Gasteiger charge is -2.07. The van der Waals surface area contributed by atoms with E-state index in [2.05, 4.69) is 15.9 Å². The molecular weight excluding hydrogens is 357 g/mol. The molecule has 6 heteroatoms. The Bertz CT molecular complexity index is 743. The molecule has 0 radical (unpaired) electrons. The van der Waals surface area contributed by atoms with Crippen LogP contribution in [0.5, 0.6) is 0 Å². The molecule has 0 saturated carbocycles. The SMILES string of the molecule is N#Cc1ccc(CSc2cc(Br)ccc2C(=O)O)c(F)c1. The minimum absolute atomic E-state index is 0.178. The van der Waals surface area contributed by atoms with Crippen LogP contribution in [0.2, 0.25) is 0 Å². The van der Waals surface area contributed by atoms with Crippen LogP contribution in [0.3, 0.4) is 0 Å². The largest absolute Gasteiger partial charge is 0.478 e. The van der Waals surface area contributed by atoms with Gasteiger partial charge in [0, 0.05) is 15.1 Å². The van der Waals surface area contributed by atoms with Gasteiger partial charge >= 0.3 is 5.97 Å². The molecular formula is C15H9BrFNO2S. The van der Waals surface area contributed by atoms with E-state index < -0.39 is 11.8 Å². The minimum Gasteiger partial charge on any atom is -0.478 e. The predicted molar refractivity (Wildman–Crippen MR) is 81.8 cm³/mol. The summed E-state index contributed by atoms with van der Waals surface area (Å²) in [6, 6.07) is 11.0. The van der Waals surface area contributed by atoms with Crippen LogP contribution in [0.25, 0.3) is 0 Å². The predicted octanol–water partition coefficient (Wildman–Crippen LogP) is 4.45. The average molecular weight is 366 g/mol. The molecule has 2 aromatic rings. The Kier molecular flexibility index (Phi) is 4.99. The van der Waals surface area contributed by atoms with E-state index in [4.69, 9.17) is 10.4 Å². The van der Waals surface area contributed by atoms with Crippen molar-refractivity contribution in [1.82, 2.24) is 0 Å². The number of hydrogen-bond donors (Lipinski definition) is 1. The van der Waals surface area contributed by atoms with Crippen molar-refractivity contribution < 1.29 is 14.3 Å². The van der Waals surface area contributed by atoms with E-state index in [1.807, 2.05) is 6.07 Å². The van der Waals surface area contributed by atoms with Crippen molar-refractivity contribution in [3.8, 4) is 6.07 Å². The number of carboxylic acids is 1. The fourth-order valence-electron chi connectivity index (χ4n) is 1.68. The number of carboxylic acid groups (broad SMARTS) is 1. The molecule has 0 atom stereocenters. The average Bonchev–Trinajstić information content (AvgIpc) is 2.45. The summed E-state index contributed by atoms with van der Waals surface area (Å²) in [4.78, 5) is 11.7. The smallest absolute Gasteiger partial charge is 0.336 e. The van der Waals surface area contributed by atoms with E-state index in [-0.39, 0.29) is 16.9 Å². The maximum atomic E-state index is 13.8. The zero-order valence-corrected chi connectivity index (χ0v) is 13.0. The number of aromatic carboxylic acids is 1. The molecule has 3 nitrogen and oxygen atoms in total. The molecule has 0 amide bonds. The van der Waals surface area contributed by atoms with Gasteiger partial charge < -0.3 is 5.11 Å². The van der Waals surface area contributed by atoms with Gasteiger partial charge in [0.25, 0.3) is 0 Å². The van der Waals surface area contributed by atoms with Crippen LogP contribution in [-0.4, -0.2) is 11.1 Å². The Morgan fingerprint density at radius 2 is 2.10 bits per heavy atom. The second kappa shape index (κ2) is 6.74. The van der Waals surface area contributed by atoms with E-state index in [0.29, 0.717) is 10.5 Å². The fourth-order valence-corrected chi connectivity index (χ4v) is 3.26. The highest BCUT2D eigenvalue weighted by molar-refractivity contribution is 9.10. The van der Waals surface area contributed by atoms with E-state index in [1.54, 1.807) is 18.2 Å². The first-order valence-corrected chi connectivity index (χ1v) is 7.63. The Labute approximate surface area is 133 Å². The normalized spacial score (nSPS) is 10.1. The molecule has 0 aliphatic rings. The Morgan fingerprint density at radius 3 is 2.71 bits per heavy atom. The molecule has 0 heterocycles. The highest BCUT2D eigenvalue weighted by Gasteiger charge is 2.12. The zero-order chi connectivity index (χ0) is 15.4. The molecule has 2 rings (SSSR count). The van der Waals surface area contributed by atoms with Gasteiger partial charge in [0.15, 0.2) is 0 Å². The van der Waals surface area contributed by atoms with Crippen LogP contribution in [0.4, 0.5) is 4.39 Å². The number of carbonyl (C=O) groups is 1. The molecule has 1 N–H and O–H groups in total. The first-order chi connectivity index (χ1) is 10.0. The van der Waals surface area contributed by atoms with Crippen molar-refractivity contribution in [3.05, 3.63) is 63.4 Å². The number of rotatable bonds is 4. The van der Waals surface area contributed by atoms with Crippen LogP contribution >= 0.6 is 27.7 Å². The van der Waals surface area contributed by atoms with E-state index in [0.717, 1.165) is 4.47 Å². The Hall–Kier alpha value is -1.84. The number of halogens is 2. The van der Waals surface area contributed by atoms with Gasteiger partial charge in [-0.15, -0.1) is 11.8 Å². The molecule has 0 aromatic heterocycles. The van der Waals surface area contributed by atoms with Crippen LogP contribution in [0, 0.1) is 17.1 Å². The van der Waals surface area contributed by atoms with Gasteiger partial charge in [-0.05, 0) is 35.9 Å². The summed E-state index contributed by atoms with van der Waals surface area (Å²) in [5.74, 6) is -1.20. The summed E-state index contributed by atoms with van der Waals surface area (Å²) in [6.45, 7) is 0. The first kappa shape index (κ1) is 15.5. The van der Waals surface area contributed by atoms with Crippen LogP contribution in [-0.2, 0) is 5.75 Å². The zero-order valence-electron chi connectivity index (χ0n) is 10.6. The molecule has 21 heavy (non-hydrogen) atoms. The summed E-state index contributed by atoms with van der Waals surface area (Å²) < 4.78 is 14.5. The van der Waals surface area contributed by atoms with Crippen molar-refractivity contribution in [2.75, 3.05) is 0 Å². The fraction of sp³-hybridized carbons (Fsp3) is 0.0667. The summed E-state index contributed by atoms with van der Waals surface area (Å²) in [7, 11) is 0. The molecule has 0 fully saturated rings. The quantitative estimate of drug-likeness (QED) is 0.813. The van der Waals surface area contributed by atoms with Gasteiger partial charge in [-0.25, -0.2) is 9.18 Å². The molecule has 0 unspecified atom stereocenters. The second-order valence-electron chi connectivity index (χ2n) is 4.15. The summed E-state index contributed by atoms with van der Waals surface area (Å²) in [5, 5.41) is 17.8. The summed E-state index contributed by atoms with van der Waals surface area (Å²) in [6.07, 6.45) is 0. The molecule has 0 bridgehead atoms. The van der Waals surface area contributed by atoms with Crippen molar-refractivity contribution in [2.24, 2.45) is 0 Å². The third-order valence-corrected chi connectivity index (χ3v) is 4.34. The number of benzene rings is 2. The Balaban J connectivity index is 2.22. The summed E-state index contributed by atoms with van der Waals surface area (Å²) in [5.41, 5.74) is 0.863. The van der Waals surface area contributed by atoms with Gasteiger partial charge in [-0.2, -0.15) is 5.26 Å². The number of hydrogen-bond acceptors (Lipinski definition) is 3. The lowest BCUT2D eigenvalue weighted by Crippen LogP contribution is -1.99. The maximum absolute atomic E-state index is 13.8. The van der Waals surface area contributed by atoms with E-state index in [1.165, 1.54) is 30.0 Å². The molecule has 0 aliphatic carbocycles. The Morgan fingerprint density at radius 1 is 1.33 bits per heavy atom. The van der Waals surface area contributed by atoms with Gasteiger partial charge in [0.2, 0.25) is 0 Å². The first-order valence-electron chi connectivity index (χ1n) is 5.85. The number of nitriles is 1. The third-order valence-electron chi connectivity index (χ3n) is 2.74. The van der Waals surface area contributed by atoms with E-state index in [9.17, 15) is 9.18 Å². The van der Waals surface area contributed by atoms with Gasteiger partial charge in [-0.1, -0.05) is 22.0 Å². The van der Waals surface area contributed by atoms with Crippen LogP contribution < -0.4 is 0 Å². The molecule has 2 aromatic carbocycles. The van der Waals surface area contributed by atoms with Crippen LogP contribution in [0.1, 0.15) is 21.5 Å². The third kappa shape index (κ3) is 3.84.